The highest BCUT2D eigenvalue weighted by Gasteiger charge is 2.16. The summed E-state index contributed by atoms with van der Waals surface area (Å²) in [5.41, 5.74) is 2.58. The Balaban J connectivity index is 2.10. The van der Waals surface area contributed by atoms with Gasteiger partial charge in [0.1, 0.15) is 12.4 Å². The van der Waals surface area contributed by atoms with Crippen molar-refractivity contribution >= 4 is 28.8 Å². The van der Waals surface area contributed by atoms with Crippen molar-refractivity contribution < 1.29 is 9.90 Å². The number of H-pyrrole nitrogens is 1. The smallest absolute Gasteiger partial charge is 0.153 e. The number of aldehydes is 1. The topological polar surface area (TPSA) is 66.0 Å². The second-order valence-corrected chi connectivity index (χ2v) is 4.82. The Morgan fingerprint density at radius 2 is 2.20 bits per heavy atom. The third-order valence-corrected chi connectivity index (χ3v) is 3.53. The van der Waals surface area contributed by atoms with E-state index in [4.69, 9.17) is 11.6 Å². The fourth-order valence-electron chi connectivity index (χ4n) is 2.25. The molecule has 0 aliphatic carbocycles. The van der Waals surface area contributed by atoms with Gasteiger partial charge in [0.15, 0.2) is 5.15 Å². The van der Waals surface area contributed by atoms with Crippen LogP contribution in [0.3, 0.4) is 0 Å². The van der Waals surface area contributed by atoms with Gasteiger partial charge in [-0.05, 0) is 17.7 Å². The molecule has 0 saturated heterocycles. The summed E-state index contributed by atoms with van der Waals surface area (Å²) in [7, 11) is 0. The maximum Gasteiger partial charge on any atom is 0.153 e. The number of carbonyl (C=O) groups is 1. The molecule has 3 aromatic rings. The molecule has 0 aliphatic heterocycles. The molecule has 2 heterocycles. The first-order valence-corrected chi connectivity index (χ1v) is 6.43. The Kier molecular flexibility index (Phi) is 3.26. The summed E-state index contributed by atoms with van der Waals surface area (Å²) in [6.45, 7) is 0. The molecule has 5 heteroatoms. The number of fused-ring (bicyclic) bond motifs is 1. The van der Waals surface area contributed by atoms with Crippen molar-refractivity contribution in [2.24, 2.45) is 0 Å². The minimum absolute atomic E-state index is 0.364. The van der Waals surface area contributed by atoms with Gasteiger partial charge in [-0.3, -0.25) is 4.79 Å². The van der Waals surface area contributed by atoms with Gasteiger partial charge in [0.25, 0.3) is 0 Å². The number of pyridine rings is 1. The largest absolute Gasteiger partial charge is 0.384 e. The summed E-state index contributed by atoms with van der Waals surface area (Å²) in [6, 6.07) is 8.67. The van der Waals surface area contributed by atoms with Gasteiger partial charge in [-0.1, -0.05) is 29.8 Å². The number of hydrogen-bond acceptors (Lipinski definition) is 3. The average Bonchev–Trinajstić information content (AvgIpc) is 2.92. The summed E-state index contributed by atoms with van der Waals surface area (Å²) in [5.74, 6) is 0. The fourth-order valence-corrected chi connectivity index (χ4v) is 2.46. The van der Waals surface area contributed by atoms with E-state index in [-0.39, 0.29) is 0 Å². The number of halogens is 1. The molecule has 3 rings (SSSR count). The van der Waals surface area contributed by atoms with Crippen molar-refractivity contribution in [3.05, 3.63) is 64.6 Å². The monoisotopic (exact) mass is 286 g/mol. The lowest BCUT2D eigenvalue weighted by atomic mass is 10.00. The SMILES string of the molecule is O=Cc1cccc(C(O)c2c[nH]c3c(Cl)nccc23)c1. The van der Waals surface area contributed by atoms with E-state index < -0.39 is 6.10 Å². The Hall–Kier alpha value is -2.17. The lowest BCUT2D eigenvalue weighted by Gasteiger charge is -2.10. The van der Waals surface area contributed by atoms with Crippen LogP contribution in [-0.2, 0) is 0 Å². The highest BCUT2D eigenvalue weighted by atomic mass is 35.5. The van der Waals surface area contributed by atoms with Crippen molar-refractivity contribution in [3.8, 4) is 0 Å². The maximum atomic E-state index is 10.8. The zero-order chi connectivity index (χ0) is 14.1. The van der Waals surface area contributed by atoms with Crippen LogP contribution in [0.5, 0.6) is 0 Å². The Bertz CT molecular complexity index is 782. The number of aliphatic hydroxyl groups is 1. The molecule has 4 nitrogen and oxygen atoms in total. The number of aromatic amines is 1. The minimum atomic E-state index is -0.831. The molecule has 1 unspecified atom stereocenters. The summed E-state index contributed by atoms with van der Waals surface area (Å²) in [6.07, 6.45) is 3.22. The molecule has 1 aromatic carbocycles. The van der Waals surface area contributed by atoms with E-state index in [1.165, 1.54) is 0 Å². The van der Waals surface area contributed by atoms with E-state index in [9.17, 15) is 9.90 Å². The zero-order valence-corrected chi connectivity index (χ0v) is 11.1. The molecule has 0 spiro atoms. The first-order chi connectivity index (χ1) is 9.70. The predicted octanol–water partition coefficient (Wildman–Crippen LogP) is 3.11. The van der Waals surface area contributed by atoms with Crippen molar-refractivity contribution in [2.75, 3.05) is 0 Å². The van der Waals surface area contributed by atoms with Crippen LogP contribution in [0.4, 0.5) is 0 Å². The van der Waals surface area contributed by atoms with Crippen LogP contribution in [0, 0.1) is 0 Å². The highest BCUT2D eigenvalue weighted by molar-refractivity contribution is 6.33. The second-order valence-electron chi connectivity index (χ2n) is 4.46. The number of benzene rings is 1. The van der Waals surface area contributed by atoms with Crippen LogP contribution >= 0.6 is 11.6 Å². The van der Waals surface area contributed by atoms with E-state index in [1.54, 1.807) is 42.7 Å². The summed E-state index contributed by atoms with van der Waals surface area (Å²) >= 11 is 6.00. The summed E-state index contributed by atoms with van der Waals surface area (Å²) < 4.78 is 0. The van der Waals surface area contributed by atoms with Gasteiger partial charge in [0.05, 0.1) is 5.52 Å². The van der Waals surface area contributed by atoms with Crippen LogP contribution in [0.25, 0.3) is 10.9 Å². The second kappa shape index (κ2) is 5.07. The predicted molar refractivity (Wildman–Crippen MR) is 77.0 cm³/mol. The number of aliphatic hydroxyl groups excluding tert-OH is 1. The van der Waals surface area contributed by atoms with Gasteiger partial charge in [-0.2, -0.15) is 0 Å². The van der Waals surface area contributed by atoms with Crippen LogP contribution in [0.2, 0.25) is 5.15 Å². The molecule has 100 valence electrons. The third kappa shape index (κ3) is 2.09. The average molecular weight is 287 g/mol. The third-order valence-electron chi connectivity index (χ3n) is 3.24. The molecule has 0 bridgehead atoms. The zero-order valence-electron chi connectivity index (χ0n) is 10.4. The quantitative estimate of drug-likeness (QED) is 0.574. The number of nitrogens with one attached hydrogen (secondary N) is 1. The molecule has 0 amide bonds. The van der Waals surface area contributed by atoms with Crippen molar-refractivity contribution in [1.29, 1.82) is 0 Å². The van der Waals surface area contributed by atoms with Gasteiger partial charge < -0.3 is 10.1 Å². The molecule has 1 atom stereocenters. The first-order valence-electron chi connectivity index (χ1n) is 6.05. The fraction of sp³-hybridized carbons (Fsp3) is 0.0667. The number of carbonyl (C=O) groups excluding carboxylic acids is 1. The molecule has 0 radical (unpaired) electrons. The lowest BCUT2D eigenvalue weighted by molar-refractivity contribution is 0.112. The molecule has 0 saturated carbocycles. The highest BCUT2D eigenvalue weighted by Crippen LogP contribution is 2.31. The van der Waals surface area contributed by atoms with Gasteiger partial charge in [-0.25, -0.2) is 4.98 Å². The van der Waals surface area contributed by atoms with Gasteiger partial charge in [-0.15, -0.1) is 0 Å². The molecular weight excluding hydrogens is 276 g/mol. The number of hydrogen-bond donors (Lipinski definition) is 2. The number of aromatic nitrogens is 2. The van der Waals surface area contributed by atoms with Crippen LogP contribution in [0.1, 0.15) is 27.6 Å². The lowest BCUT2D eigenvalue weighted by Crippen LogP contribution is -1.99. The molecule has 2 aromatic heterocycles. The Morgan fingerprint density at radius 3 is 3.00 bits per heavy atom. The summed E-state index contributed by atoms with van der Waals surface area (Å²) in [4.78, 5) is 17.8. The molecule has 2 N–H and O–H groups in total. The Morgan fingerprint density at radius 1 is 1.35 bits per heavy atom. The minimum Gasteiger partial charge on any atom is -0.384 e. The van der Waals surface area contributed by atoms with E-state index in [0.717, 1.165) is 11.7 Å². The van der Waals surface area contributed by atoms with E-state index in [2.05, 4.69) is 9.97 Å². The van der Waals surface area contributed by atoms with E-state index >= 15 is 0 Å². The maximum absolute atomic E-state index is 10.8. The van der Waals surface area contributed by atoms with Crippen molar-refractivity contribution in [1.82, 2.24) is 9.97 Å². The van der Waals surface area contributed by atoms with Crippen LogP contribution < -0.4 is 0 Å². The first kappa shape index (κ1) is 12.8. The number of rotatable bonds is 3. The normalized spacial score (nSPS) is 12.5. The van der Waals surface area contributed by atoms with Crippen molar-refractivity contribution in [3.63, 3.8) is 0 Å². The van der Waals surface area contributed by atoms with E-state index in [0.29, 0.717) is 27.4 Å². The number of nitrogens with zero attached hydrogens (tertiary/aromatic N) is 1. The molecule has 20 heavy (non-hydrogen) atoms. The molecule has 0 aliphatic rings. The van der Waals surface area contributed by atoms with Crippen LogP contribution in [0.15, 0.2) is 42.7 Å². The van der Waals surface area contributed by atoms with Gasteiger partial charge >= 0.3 is 0 Å². The van der Waals surface area contributed by atoms with Gasteiger partial charge in [0.2, 0.25) is 0 Å². The molecule has 0 fully saturated rings. The standard InChI is InChI=1S/C15H11ClN2O2/c16-15-13-11(4-5-17-15)12(7-18-13)14(20)10-3-1-2-9(6-10)8-19/h1-8,14,18,20H. The Labute approximate surface area is 120 Å². The molecular formula is C15H11ClN2O2. The van der Waals surface area contributed by atoms with E-state index in [1.807, 2.05) is 0 Å². The summed E-state index contributed by atoms with van der Waals surface area (Å²) in [5, 5.41) is 11.7. The van der Waals surface area contributed by atoms with Crippen molar-refractivity contribution in [2.45, 2.75) is 6.10 Å². The van der Waals surface area contributed by atoms with Gasteiger partial charge in [0, 0.05) is 28.9 Å². The van der Waals surface area contributed by atoms with Crippen LogP contribution in [-0.4, -0.2) is 21.4 Å².